The lowest BCUT2D eigenvalue weighted by Gasteiger charge is -2.38. The highest BCUT2D eigenvalue weighted by molar-refractivity contribution is 5.83. The first-order valence-electron chi connectivity index (χ1n) is 12.0. The molecule has 1 heterocycles. The molecule has 4 rings (SSSR count). The summed E-state index contributed by atoms with van der Waals surface area (Å²) in [5.41, 5.74) is 4.70. The van der Waals surface area contributed by atoms with Gasteiger partial charge in [0.25, 0.3) is 0 Å². The van der Waals surface area contributed by atoms with Gasteiger partial charge in [-0.05, 0) is 49.3 Å². The highest BCUT2D eigenvalue weighted by Crippen LogP contribution is 2.38. The fourth-order valence-electron chi connectivity index (χ4n) is 5.13. The molecular formula is C28H36N2O2. The van der Waals surface area contributed by atoms with Crippen molar-refractivity contribution < 1.29 is 9.59 Å². The van der Waals surface area contributed by atoms with Crippen LogP contribution in [0.5, 0.6) is 0 Å². The van der Waals surface area contributed by atoms with Crippen LogP contribution in [0.4, 0.5) is 0 Å². The molecule has 2 aromatic carbocycles. The summed E-state index contributed by atoms with van der Waals surface area (Å²) < 4.78 is 0. The standard InChI is InChI=1S/C28H36N2O2/c1-20-9-11-21(12-10-20)19-30(25-14-13-22-7-5-6-8-24(22)25)26(31)23-15-17-29(18-16-23)27(32)28(2,3)4/h5-12,23,25H,13-19H2,1-4H3. The number of carbonyl (C=O) groups excluding carboxylic acids is 2. The SMILES string of the molecule is Cc1ccc(CN(C(=O)C2CCN(C(=O)C(C)(C)C)CC2)C2CCc3ccccc32)cc1. The second kappa shape index (κ2) is 9.09. The van der Waals surface area contributed by atoms with Crippen LogP contribution in [0.1, 0.15) is 68.3 Å². The summed E-state index contributed by atoms with van der Waals surface area (Å²) in [4.78, 5) is 30.6. The summed E-state index contributed by atoms with van der Waals surface area (Å²) in [6, 6.07) is 17.2. The minimum atomic E-state index is -0.373. The average molecular weight is 433 g/mol. The molecule has 2 amide bonds. The second-order valence-electron chi connectivity index (χ2n) is 10.5. The highest BCUT2D eigenvalue weighted by atomic mass is 16.2. The van der Waals surface area contributed by atoms with Crippen LogP contribution >= 0.6 is 0 Å². The molecule has 0 N–H and O–H groups in total. The van der Waals surface area contributed by atoms with E-state index in [1.807, 2.05) is 25.7 Å². The van der Waals surface area contributed by atoms with Crippen molar-refractivity contribution in [2.24, 2.45) is 11.3 Å². The Morgan fingerprint density at radius 2 is 1.62 bits per heavy atom. The molecule has 2 aromatic rings. The Bertz CT molecular complexity index is 966. The zero-order chi connectivity index (χ0) is 22.9. The van der Waals surface area contributed by atoms with Gasteiger partial charge < -0.3 is 9.80 Å². The largest absolute Gasteiger partial charge is 0.342 e. The van der Waals surface area contributed by atoms with Crippen molar-refractivity contribution in [2.75, 3.05) is 13.1 Å². The number of nitrogens with zero attached hydrogens (tertiary/aromatic N) is 2. The predicted octanol–water partition coefficient (Wildman–Crippen LogP) is 5.30. The fourth-order valence-corrected chi connectivity index (χ4v) is 5.13. The van der Waals surface area contributed by atoms with Crippen molar-refractivity contribution in [1.29, 1.82) is 0 Å². The Morgan fingerprint density at radius 3 is 2.28 bits per heavy atom. The molecule has 0 bridgehead atoms. The van der Waals surface area contributed by atoms with Gasteiger partial charge >= 0.3 is 0 Å². The van der Waals surface area contributed by atoms with Crippen LogP contribution in [-0.4, -0.2) is 34.7 Å². The van der Waals surface area contributed by atoms with Crippen molar-refractivity contribution in [3.05, 3.63) is 70.8 Å². The smallest absolute Gasteiger partial charge is 0.227 e. The summed E-state index contributed by atoms with van der Waals surface area (Å²) in [5.74, 6) is 0.414. The van der Waals surface area contributed by atoms with Crippen molar-refractivity contribution in [3.63, 3.8) is 0 Å². The van der Waals surface area contributed by atoms with E-state index in [0.717, 1.165) is 25.7 Å². The normalized spacial score (nSPS) is 19.0. The van der Waals surface area contributed by atoms with Gasteiger partial charge in [0, 0.05) is 31.0 Å². The first-order chi connectivity index (χ1) is 15.2. The lowest BCUT2D eigenvalue weighted by atomic mass is 9.90. The van der Waals surface area contributed by atoms with Crippen molar-refractivity contribution in [1.82, 2.24) is 9.80 Å². The van der Waals surface area contributed by atoms with Gasteiger partial charge in [0.1, 0.15) is 0 Å². The van der Waals surface area contributed by atoms with Crippen LogP contribution in [0.2, 0.25) is 0 Å². The Hall–Kier alpha value is -2.62. The number of benzene rings is 2. The highest BCUT2D eigenvalue weighted by Gasteiger charge is 2.37. The summed E-state index contributed by atoms with van der Waals surface area (Å²) >= 11 is 0. The maximum absolute atomic E-state index is 13.9. The van der Waals surface area contributed by atoms with E-state index in [9.17, 15) is 9.59 Å². The Kier molecular flexibility index (Phi) is 6.41. The Labute approximate surface area is 192 Å². The summed E-state index contributed by atoms with van der Waals surface area (Å²) in [5, 5.41) is 0. The first kappa shape index (κ1) is 22.6. The third-order valence-corrected chi connectivity index (χ3v) is 7.01. The number of carbonyl (C=O) groups is 2. The van der Waals surface area contributed by atoms with Gasteiger partial charge in [-0.1, -0.05) is 74.9 Å². The zero-order valence-electron chi connectivity index (χ0n) is 19.9. The van der Waals surface area contributed by atoms with E-state index in [2.05, 4.69) is 60.4 Å². The molecule has 32 heavy (non-hydrogen) atoms. The van der Waals surface area contributed by atoms with Crippen LogP contribution in [0.15, 0.2) is 48.5 Å². The third kappa shape index (κ3) is 4.74. The molecular weight excluding hydrogens is 396 g/mol. The Balaban J connectivity index is 1.53. The maximum Gasteiger partial charge on any atom is 0.227 e. The quantitative estimate of drug-likeness (QED) is 0.658. The van der Waals surface area contributed by atoms with Crippen molar-refractivity contribution >= 4 is 11.8 Å². The fraction of sp³-hybridized carbons (Fsp3) is 0.500. The summed E-state index contributed by atoms with van der Waals surface area (Å²) in [7, 11) is 0. The minimum absolute atomic E-state index is 0.0165. The molecule has 2 aliphatic rings. The van der Waals surface area contributed by atoms with Gasteiger partial charge in [0.2, 0.25) is 11.8 Å². The zero-order valence-corrected chi connectivity index (χ0v) is 19.9. The number of amides is 2. The monoisotopic (exact) mass is 432 g/mol. The molecule has 1 fully saturated rings. The third-order valence-electron chi connectivity index (χ3n) is 7.01. The maximum atomic E-state index is 13.9. The molecule has 0 aromatic heterocycles. The van der Waals surface area contributed by atoms with Gasteiger partial charge in [-0.3, -0.25) is 9.59 Å². The van der Waals surface area contributed by atoms with Crippen molar-refractivity contribution in [3.8, 4) is 0 Å². The molecule has 1 atom stereocenters. The predicted molar refractivity (Wildman–Crippen MR) is 128 cm³/mol. The molecule has 0 saturated carbocycles. The molecule has 0 radical (unpaired) electrons. The molecule has 1 aliphatic heterocycles. The summed E-state index contributed by atoms with van der Waals surface area (Å²) in [6.45, 7) is 9.97. The molecule has 1 saturated heterocycles. The average Bonchev–Trinajstić information content (AvgIpc) is 3.21. The van der Waals surface area contributed by atoms with Crippen LogP contribution < -0.4 is 0 Å². The second-order valence-corrected chi connectivity index (χ2v) is 10.5. The molecule has 4 heteroatoms. The Morgan fingerprint density at radius 1 is 0.969 bits per heavy atom. The first-order valence-corrected chi connectivity index (χ1v) is 12.0. The van der Waals surface area contributed by atoms with Gasteiger partial charge in [-0.15, -0.1) is 0 Å². The molecule has 1 aliphatic carbocycles. The number of rotatable bonds is 4. The number of fused-ring (bicyclic) bond motifs is 1. The van der Waals surface area contributed by atoms with E-state index in [4.69, 9.17) is 0 Å². The van der Waals surface area contributed by atoms with Gasteiger partial charge in [-0.2, -0.15) is 0 Å². The van der Waals surface area contributed by atoms with E-state index in [1.165, 1.54) is 22.3 Å². The van der Waals surface area contributed by atoms with Gasteiger partial charge in [-0.25, -0.2) is 0 Å². The molecule has 4 nitrogen and oxygen atoms in total. The van der Waals surface area contributed by atoms with E-state index in [1.54, 1.807) is 0 Å². The van der Waals surface area contributed by atoms with Crippen molar-refractivity contribution in [2.45, 2.75) is 66.0 Å². The molecule has 0 spiro atoms. The topological polar surface area (TPSA) is 40.6 Å². The number of piperidine rings is 1. The van der Waals surface area contributed by atoms with Crippen LogP contribution in [-0.2, 0) is 22.6 Å². The van der Waals surface area contributed by atoms with E-state index in [0.29, 0.717) is 19.6 Å². The summed E-state index contributed by atoms with van der Waals surface area (Å²) in [6.07, 6.45) is 3.51. The number of likely N-dealkylation sites (tertiary alicyclic amines) is 1. The van der Waals surface area contributed by atoms with Gasteiger partial charge in [0.15, 0.2) is 0 Å². The minimum Gasteiger partial charge on any atom is -0.342 e. The lowest BCUT2D eigenvalue weighted by Crippen LogP contribution is -2.47. The van der Waals surface area contributed by atoms with Crippen LogP contribution in [0.3, 0.4) is 0 Å². The van der Waals surface area contributed by atoms with Crippen LogP contribution in [0.25, 0.3) is 0 Å². The number of aryl methyl sites for hydroxylation is 2. The van der Waals surface area contributed by atoms with Crippen LogP contribution in [0, 0.1) is 18.3 Å². The lowest BCUT2D eigenvalue weighted by molar-refractivity contribution is -0.146. The number of hydrogen-bond donors (Lipinski definition) is 0. The van der Waals surface area contributed by atoms with E-state index >= 15 is 0 Å². The molecule has 170 valence electrons. The van der Waals surface area contributed by atoms with Gasteiger partial charge in [0.05, 0.1) is 6.04 Å². The molecule has 1 unspecified atom stereocenters. The number of hydrogen-bond acceptors (Lipinski definition) is 2. The van der Waals surface area contributed by atoms with E-state index in [-0.39, 0.29) is 29.2 Å². The van der Waals surface area contributed by atoms with E-state index < -0.39 is 0 Å².